The number of aliphatic hydroxyl groups excluding tert-OH is 1. The number of benzene rings is 2. The van der Waals surface area contributed by atoms with Gasteiger partial charge in [0.15, 0.2) is 5.82 Å². The van der Waals surface area contributed by atoms with Gasteiger partial charge in [-0.15, -0.1) is 6.58 Å². The quantitative estimate of drug-likeness (QED) is 0.613. The fraction of sp³-hybridized carbons (Fsp3) is 0.150. The third-order valence-electron chi connectivity index (χ3n) is 4.13. The summed E-state index contributed by atoms with van der Waals surface area (Å²) in [6.45, 7) is 5.73. The zero-order chi connectivity index (χ0) is 19.4. The van der Waals surface area contributed by atoms with Crippen molar-refractivity contribution < 1.29 is 13.5 Å². The number of aromatic nitrogens is 2. The van der Waals surface area contributed by atoms with Crippen molar-refractivity contribution in [2.75, 3.05) is 4.72 Å². The van der Waals surface area contributed by atoms with Crippen LogP contribution in [-0.4, -0.2) is 23.3 Å². The summed E-state index contributed by atoms with van der Waals surface area (Å²) in [4.78, 5) is 0.142. The second-order valence-electron chi connectivity index (χ2n) is 6.08. The number of aliphatic hydroxyl groups is 1. The molecular weight excluding hydrogens is 362 g/mol. The monoisotopic (exact) mass is 383 g/mol. The minimum Gasteiger partial charge on any atom is -0.390 e. The van der Waals surface area contributed by atoms with E-state index < -0.39 is 10.0 Å². The molecule has 2 aromatic carbocycles. The van der Waals surface area contributed by atoms with Gasteiger partial charge in [0.1, 0.15) is 0 Å². The minimum atomic E-state index is -3.81. The van der Waals surface area contributed by atoms with Crippen LogP contribution in [0.2, 0.25) is 0 Å². The summed E-state index contributed by atoms with van der Waals surface area (Å²) in [5.74, 6) is 0.175. The summed E-state index contributed by atoms with van der Waals surface area (Å²) in [5, 5.41) is 14.3. The predicted octanol–water partition coefficient (Wildman–Crippen LogP) is 3.34. The Bertz CT molecular complexity index is 1040. The summed E-state index contributed by atoms with van der Waals surface area (Å²) in [6, 6.07) is 15.7. The topological polar surface area (TPSA) is 84.2 Å². The van der Waals surface area contributed by atoms with Crippen LogP contribution in [0.3, 0.4) is 0 Å². The van der Waals surface area contributed by atoms with E-state index in [1.54, 1.807) is 29.0 Å². The molecule has 7 heteroatoms. The van der Waals surface area contributed by atoms with Crippen LogP contribution < -0.4 is 4.72 Å². The Morgan fingerprint density at radius 1 is 1.15 bits per heavy atom. The van der Waals surface area contributed by atoms with Gasteiger partial charge in [-0.1, -0.05) is 54.1 Å². The Morgan fingerprint density at radius 3 is 2.41 bits per heavy atom. The number of nitrogens with one attached hydrogen (secondary N) is 1. The Morgan fingerprint density at radius 2 is 1.81 bits per heavy atom. The molecule has 0 bridgehead atoms. The number of nitrogens with zero attached hydrogens (tertiary/aromatic N) is 2. The first-order valence-electron chi connectivity index (χ1n) is 8.42. The average molecular weight is 383 g/mol. The molecule has 27 heavy (non-hydrogen) atoms. The lowest BCUT2D eigenvalue weighted by Gasteiger charge is -2.09. The number of anilines is 1. The lowest BCUT2D eigenvalue weighted by Crippen LogP contribution is -2.14. The van der Waals surface area contributed by atoms with Crippen LogP contribution in [0.4, 0.5) is 5.82 Å². The number of hydrogen-bond donors (Lipinski definition) is 2. The van der Waals surface area contributed by atoms with E-state index in [0.717, 1.165) is 11.1 Å². The molecule has 3 rings (SSSR count). The number of aryl methyl sites for hydroxylation is 1. The zero-order valence-electron chi connectivity index (χ0n) is 15.0. The molecule has 0 saturated carbocycles. The van der Waals surface area contributed by atoms with Crippen LogP contribution in [-0.2, 0) is 23.2 Å². The van der Waals surface area contributed by atoms with E-state index in [9.17, 15) is 13.5 Å². The minimum absolute atomic E-state index is 0.142. The van der Waals surface area contributed by atoms with Gasteiger partial charge in [0.05, 0.1) is 29.3 Å². The van der Waals surface area contributed by atoms with Crippen LogP contribution in [0.1, 0.15) is 11.3 Å². The third-order valence-corrected chi connectivity index (χ3v) is 5.49. The van der Waals surface area contributed by atoms with Crippen LogP contribution in [0, 0.1) is 6.92 Å². The first-order chi connectivity index (χ1) is 13.0. The van der Waals surface area contributed by atoms with Crippen molar-refractivity contribution in [2.45, 2.75) is 25.0 Å². The maximum atomic E-state index is 12.8. The maximum Gasteiger partial charge on any atom is 0.263 e. The first kappa shape index (κ1) is 18.9. The SMILES string of the molecule is C=CCn1nc(NS(=O)(=O)c2ccccc2)c(-c2ccc(C)cc2)c1CO. The van der Waals surface area contributed by atoms with Crippen LogP contribution in [0.25, 0.3) is 11.1 Å². The van der Waals surface area contributed by atoms with E-state index >= 15 is 0 Å². The molecule has 0 saturated heterocycles. The molecule has 0 radical (unpaired) electrons. The van der Waals surface area contributed by atoms with Crippen molar-refractivity contribution >= 4 is 15.8 Å². The molecule has 1 heterocycles. The molecule has 1 aromatic heterocycles. The van der Waals surface area contributed by atoms with Crippen molar-refractivity contribution in [1.82, 2.24) is 9.78 Å². The highest BCUT2D eigenvalue weighted by Crippen LogP contribution is 2.33. The molecule has 0 aliphatic heterocycles. The van der Waals surface area contributed by atoms with Crippen molar-refractivity contribution in [1.29, 1.82) is 0 Å². The molecule has 0 aliphatic rings. The van der Waals surface area contributed by atoms with E-state index in [-0.39, 0.29) is 17.3 Å². The highest BCUT2D eigenvalue weighted by Gasteiger charge is 2.23. The van der Waals surface area contributed by atoms with Gasteiger partial charge in [-0.3, -0.25) is 9.40 Å². The van der Waals surface area contributed by atoms with Crippen LogP contribution in [0.5, 0.6) is 0 Å². The number of hydrogen-bond acceptors (Lipinski definition) is 4. The summed E-state index contributed by atoms with van der Waals surface area (Å²) in [7, 11) is -3.81. The molecule has 0 amide bonds. The fourth-order valence-corrected chi connectivity index (χ4v) is 3.84. The molecule has 140 valence electrons. The van der Waals surface area contributed by atoms with E-state index in [1.807, 2.05) is 31.2 Å². The second-order valence-corrected chi connectivity index (χ2v) is 7.77. The lowest BCUT2D eigenvalue weighted by molar-refractivity contribution is 0.270. The van der Waals surface area contributed by atoms with Gasteiger partial charge in [0, 0.05) is 0 Å². The molecule has 0 spiro atoms. The van der Waals surface area contributed by atoms with E-state index in [4.69, 9.17) is 0 Å². The Balaban J connectivity index is 2.14. The van der Waals surface area contributed by atoms with Gasteiger partial charge < -0.3 is 5.11 Å². The Hall–Kier alpha value is -2.90. The third kappa shape index (κ3) is 3.94. The van der Waals surface area contributed by atoms with Gasteiger partial charge in [0.2, 0.25) is 0 Å². The van der Waals surface area contributed by atoms with Crippen molar-refractivity contribution in [3.63, 3.8) is 0 Å². The zero-order valence-corrected chi connectivity index (χ0v) is 15.8. The Labute approximate surface area is 158 Å². The smallest absolute Gasteiger partial charge is 0.263 e. The highest BCUT2D eigenvalue weighted by molar-refractivity contribution is 7.92. The summed E-state index contributed by atoms with van der Waals surface area (Å²) in [6.07, 6.45) is 1.64. The van der Waals surface area contributed by atoms with Gasteiger partial charge in [-0.2, -0.15) is 5.10 Å². The number of sulfonamides is 1. The molecular formula is C20H21N3O3S. The van der Waals surface area contributed by atoms with Crippen molar-refractivity contribution in [3.05, 3.63) is 78.5 Å². The molecule has 2 N–H and O–H groups in total. The van der Waals surface area contributed by atoms with Gasteiger partial charge in [-0.25, -0.2) is 8.42 Å². The normalized spacial score (nSPS) is 11.3. The van der Waals surface area contributed by atoms with Gasteiger partial charge >= 0.3 is 0 Å². The van der Waals surface area contributed by atoms with E-state index in [2.05, 4.69) is 16.4 Å². The number of rotatable bonds is 7. The maximum absolute atomic E-state index is 12.8. The van der Waals surface area contributed by atoms with Gasteiger partial charge in [-0.05, 0) is 24.6 Å². The summed E-state index contributed by atoms with van der Waals surface area (Å²) >= 11 is 0. The van der Waals surface area contributed by atoms with Crippen molar-refractivity contribution in [3.8, 4) is 11.1 Å². The molecule has 0 fully saturated rings. The first-order valence-corrected chi connectivity index (χ1v) is 9.91. The standard InChI is InChI=1S/C20H21N3O3S/c1-3-13-23-18(14-24)19(16-11-9-15(2)10-12-16)20(21-23)22-27(25,26)17-7-5-4-6-8-17/h3-12,24H,1,13-14H2,2H3,(H,21,22). The highest BCUT2D eigenvalue weighted by atomic mass is 32.2. The molecule has 0 unspecified atom stereocenters. The molecule has 0 atom stereocenters. The fourth-order valence-electron chi connectivity index (χ4n) is 2.81. The summed E-state index contributed by atoms with van der Waals surface area (Å²) in [5.41, 5.74) is 2.92. The average Bonchev–Trinajstić information content (AvgIpc) is 2.99. The van der Waals surface area contributed by atoms with Crippen molar-refractivity contribution in [2.24, 2.45) is 0 Å². The Kier molecular flexibility index (Phi) is 5.43. The summed E-state index contributed by atoms with van der Waals surface area (Å²) < 4.78 is 29.6. The molecule has 3 aromatic rings. The molecule has 6 nitrogen and oxygen atoms in total. The lowest BCUT2D eigenvalue weighted by atomic mass is 10.0. The number of allylic oxidation sites excluding steroid dienone is 1. The van der Waals surface area contributed by atoms with E-state index in [0.29, 0.717) is 17.8 Å². The largest absolute Gasteiger partial charge is 0.390 e. The predicted molar refractivity (Wildman–Crippen MR) is 106 cm³/mol. The molecule has 0 aliphatic carbocycles. The second kappa shape index (κ2) is 7.77. The van der Waals surface area contributed by atoms with Crippen LogP contribution in [0.15, 0.2) is 72.1 Å². The van der Waals surface area contributed by atoms with Gasteiger partial charge in [0.25, 0.3) is 10.0 Å². The van der Waals surface area contributed by atoms with E-state index in [1.165, 1.54) is 12.1 Å². The van der Waals surface area contributed by atoms with Crippen LogP contribution >= 0.6 is 0 Å².